The average Bonchev–Trinajstić information content (AvgIpc) is 2.95. The Morgan fingerprint density at radius 1 is 0.700 bits per heavy atom. The monoisotopic (exact) mass is 564 g/mol. The van der Waals surface area contributed by atoms with Gasteiger partial charge in [0, 0.05) is 6.08 Å². The molecule has 0 aliphatic carbocycles. The summed E-state index contributed by atoms with van der Waals surface area (Å²) in [6.07, 6.45) is 10.8. The molecule has 0 aromatic heterocycles. The third-order valence-electron chi connectivity index (χ3n) is 6.44. The molecule has 0 amide bonds. The van der Waals surface area contributed by atoms with Crippen molar-refractivity contribution in [2.45, 2.75) is 123 Å². The van der Waals surface area contributed by atoms with Crippen LogP contribution in [0.2, 0.25) is 0 Å². The van der Waals surface area contributed by atoms with Crippen LogP contribution in [0.25, 0.3) is 0 Å². The summed E-state index contributed by atoms with van der Waals surface area (Å²) < 4.78 is 34.6. The molecule has 7 nitrogen and oxygen atoms in total. The maximum absolute atomic E-state index is 11.1. The van der Waals surface area contributed by atoms with Crippen LogP contribution in [-0.4, -0.2) is 69.5 Å². The first kappa shape index (κ1) is 36.1. The zero-order chi connectivity index (χ0) is 29.6. The van der Waals surface area contributed by atoms with E-state index >= 15 is 0 Å². The van der Waals surface area contributed by atoms with Crippen molar-refractivity contribution in [2.75, 3.05) is 33.0 Å². The highest BCUT2D eigenvalue weighted by Gasteiger charge is 2.14. The fourth-order valence-electron chi connectivity index (χ4n) is 4.00. The number of hydrogen-bond acceptors (Lipinski definition) is 7. The Kier molecular flexibility index (Phi) is 20.5. The first-order valence-corrected chi connectivity index (χ1v) is 15.2. The largest absolute Gasteiger partial charge is 0.488 e. The van der Waals surface area contributed by atoms with Gasteiger partial charge >= 0.3 is 5.97 Å². The van der Waals surface area contributed by atoms with Crippen molar-refractivity contribution in [3.63, 3.8) is 0 Å². The molecule has 230 valence electrons. The molecule has 0 fully saturated rings. The number of esters is 1. The van der Waals surface area contributed by atoms with E-state index in [9.17, 15) is 4.79 Å². The summed E-state index contributed by atoms with van der Waals surface area (Å²) in [5.41, 5.74) is 1.28. The third-order valence-corrected chi connectivity index (χ3v) is 6.44. The standard InChI is InChI=1S/C33H56O7/c1-8-10-11-12-13-14-15-18-31-19-16-17-20-32(31)40-30(7)25-38-28(5)23-36-26(3)21-35-27(4)22-37-29(6)24-39-33(34)9-2/h9,16-17,19-20,26-30H,2,8,10-15,18,21-25H2,1,3-7H3. The molecule has 5 atom stereocenters. The molecule has 0 saturated heterocycles. The predicted octanol–water partition coefficient (Wildman–Crippen LogP) is 7.10. The molecule has 0 aliphatic heterocycles. The number of rotatable bonds is 25. The Bertz CT molecular complexity index is 784. The highest BCUT2D eigenvalue weighted by atomic mass is 16.6. The van der Waals surface area contributed by atoms with Gasteiger partial charge in [0.1, 0.15) is 18.5 Å². The molecule has 0 saturated carbocycles. The first-order chi connectivity index (χ1) is 19.2. The summed E-state index contributed by atoms with van der Waals surface area (Å²) >= 11 is 0. The molecule has 1 aromatic carbocycles. The number of aryl methyl sites for hydroxylation is 1. The van der Waals surface area contributed by atoms with Gasteiger partial charge in [-0.05, 0) is 59.1 Å². The number of hydrogen-bond donors (Lipinski definition) is 0. The number of carbonyl (C=O) groups excluding carboxylic acids is 1. The van der Waals surface area contributed by atoms with Crippen molar-refractivity contribution in [1.82, 2.24) is 0 Å². The summed E-state index contributed by atoms with van der Waals surface area (Å²) in [7, 11) is 0. The molecule has 7 heteroatoms. The quantitative estimate of drug-likeness (QED) is 0.0713. The Balaban J connectivity index is 2.21. The Labute approximate surface area is 243 Å². The van der Waals surface area contributed by atoms with E-state index in [2.05, 4.69) is 31.7 Å². The van der Waals surface area contributed by atoms with Crippen molar-refractivity contribution >= 4 is 5.97 Å². The van der Waals surface area contributed by atoms with Crippen molar-refractivity contribution in [1.29, 1.82) is 0 Å². The summed E-state index contributed by atoms with van der Waals surface area (Å²) in [5.74, 6) is 0.509. The van der Waals surface area contributed by atoms with E-state index < -0.39 is 5.97 Å². The van der Waals surface area contributed by atoms with Gasteiger partial charge in [0.15, 0.2) is 0 Å². The molecule has 1 aromatic rings. The van der Waals surface area contributed by atoms with E-state index in [1.165, 1.54) is 50.5 Å². The minimum absolute atomic E-state index is 0.0538. The van der Waals surface area contributed by atoms with Crippen LogP contribution in [0.5, 0.6) is 5.75 Å². The van der Waals surface area contributed by atoms with Crippen LogP contribution in [0.15, 0.2) is 36.9 Å². The normalized spacial score (nSPS) is 15.2. The van der Waals surface area contributed by atoms with Crippen LogP contribution in [-0.2, 0) is 34.9 Å². The molecule has 0 bridgehead atoms. The lowest BCUT2D eigenvalue weighted by Gasteiger charge is -2.22. The number of ether oxygens (including phenoxy) is 6. The number of unbranched alkanes of at least 4 members (excludes halogenated alkanes) is 6. The molecular formula is C33H56O7. The second-order valence-corrected chi connectivity index (χ2v) is 10.8. The van der Waals surface area contributed by atoms with E-state index in [0.717, 1.165) is 18.2 Å². The molecule has 0 aliphatic rings. The maximum Gasteiger partial charge on any atom is 0.330 e. The molecule has 0 N–H and O–H groups in total. The van der Waals surface area contributed by atoms with Gasteiger partial charge in [-0.25, -0.2) is 4.79 Å². The fourth-order valence-corrected chi connectivity index (χ4v) is 4.00. The van der Waals surface area contributed by atoms with Crippen LogP contribution >= 0.6 is 0 Å². The van der Waals surface area contributed by atoms with Crippen LogP contribution < -0.4 is 4.74 Å². The Morgan fingerprint density at radius 3 is 1.73 bits per heavy atom. The average molecular weight is 565 g/mol. The molecule has 1 rings (SSSR count). The highest BCUT2D eigenvalue weighted by molar-refractivity contribution is 5.81. The van der Waals surface area contributed by atoms with Gasteiger partial charge in [-0.2, -0.15) is 0 Å². The third kappa shape index (κ3) is 18.4. The summed E-state index contributed by atoms with van der Waals surface area (Å²) in [4.78, 5) is 11.1. The zero-order valence-corrected chi connectivity index (χ0v) is 26.0. The van der Waals surface area contributed by atoms with Gasteiger partial charge in [0.05, 0.1) is 50.8 Å². The van der Waals surface area contributed by atoms with Crippen LogP contribution in [0.4, 0.5) is 0 Å². The first-order valence-electron chi connectivity index (χ1n) is 15.2. The number of para-hydroxylation sites is 1. The predicted molar refractivity (Wildman–Crippen MR) is 161 cm³/mol. The van der Waals surface area contributed by atoms with Crippen LogP contribution in [0.3, 0.4) is 0 Å². The lowest BCUT2D eigenvalue weighted by atomic mass is 10.0. The second kappa shape index (κ2) is 22.7. The fraction of sp³-hybridized carbons (Fsp3) is 0.727. The van der Waals surface area contributed by atoms with Gasteiger partial charge in [-0.15, -0.1) is 0 Å². The number of benzene rings is 1. The lowest BCUT2D eigenvalue weighted by Crippen LogP contribution is -2.29. The van der Waals surface area contributed by atoms with E-state index in [1.54, 1.807) is 0 Å². The zero-order valence-electron chi connectivity index (χ0n) is 26.0. The second-order valence-electron chi connectivity index (χ2n) is 10.8. The number of carbonyl (C=O) groups is 1. The molecule has 5 unspecified atom stereocenters. The van der Waals surface area contributed by atoms with E-state index in [0.29, 0.717) is 26.4 Å². The summed E-state index contributed by atoms with van der Waals surface area (Å²) in [6.45, 7) is 17.5. The lowest BCUT2D eigenvalue weighted by molar-refractivity contribution is -0.143. The van der Waals surface area contributed by atoms with Crippen LogP contribution in [0, 0.1) is 0 Å². The molecule has 0 spiro atoms. The van der Waals surface area contributed by atoms with Gasteiger partial charge in [0.2, 0.25) is 0 Å². The minimum atomic E-state index is -0.453. The van der Waals surface area contributed by atoms with E-state index in [1.807, 2.05) is 40.7 Å². The SMILES string of the molecule is C=CC(=O)OCC(C)OCC(C)OCC(C)OCC(C)OCC(C)Oc1ccccc1CCCCCCCCC. The van der Waals surface area contributed by atoms with Crippen LogP contribution in [0.1, 0.15) is 92.1 Å². The topological polar surface area (TPSA) is 72.5 Å². The smallest absolute Gasteiger partial charge is 0.330 e. The van der Waals surface area contributed by atoms with Gasteiger partial charge in [-0.3, -0.25) is 0 Å². The summed E-state index contributed by atoms with van der Waals surface area (Å²) in [5, 5.41) is 0. The van der Waals surface area contributed by atoms with Crippen molar-refractivity contribution in [2.24, 2.45) is 0 Å². The van der Waals surface area contributed by atoms with E-state index in [-0.39, 0.29) is 37.1 Å². The van der Waals surface area contributed by atoms with Gasteiger partial charge in [0.25, 0.3) is 0 Å². The van der Waals surface area contributed by atoms with Gasteiger partial charge < -0.3 is 28.4 Å². The molecule has 0 heterocycles. The van der Waals surface area contributed by atoms with Crippen molar-refractivity contribution in [3.8, 4) is 5.75 Å². The molecule has 40 heavy (non-hydrogen) atoms. The highest BCUT2D eigenvalue weighted by Crippen LogP contribution is 2.22. The molecule has 0 radical (unpaired) electrons. The Hall–Kier alpha value is -1.93. The minimum Gasteiger partial charge on any atom is -0.488 e. The van der Waals surface area contributed by atoms with Gasteiger partial charge in [-0.1, -0.05) is 70.2 Å². The summed E-state index contributed by atoms with van der Waals surface area (Å²) in [6, 6.07) is 8.36. The Morgan fingerprint density at radius 2 is 1.18 bits per heavy atom. The maximum atomic E-state index is 11.1. The van der Waals surface area contributed by atoms with E-state index in [4.69, 9.17) is 28.4 Å². The molecular weight excluding hydrogens is 508 g/mol. The van der Waals surface area contributed by atoms with Crippen molar-refractivity contribution in [3.05, 3.63) is 42.5 Å². The van der Waals surface area contributed by atoms with Crippen molar-refractivity contribution < 1.29 is 33.2 Å².